The van der Waals surface area contributed by atoms with Crippen LogP contribution in [0.25, 0.3) is 11.3 Å². The summed E-state index contributed by atoms with van der Waals surface area (Å²) in [7, 11) is 2.92. The van der Waals surface area contributed by atoms with Gasteiger partial charge in [0.25, 0.3) is 5.91 Å². The largest absolute Gasteiger partial charge is 0.495 e. The lowest BCUT2D eigenvalue weighted by atomic mass is 10.1. The van der Waals surface area contributed by atoms with Gasteiger partial charge in [0.1, 0.15) is 22.6 Å². The highest BCUT2D eigenvalue weighted by molar-refractivity contribution is 9.10. The van der Waals surface area contributed by atoms with E-state index in [-0.39, 0.29) is 34.6 Å². The molecule has 0 aliphatic heterocycles. The van der Waals surface area contributed by atoms with E-state index in [1.165, 1.54) is 30.1 Å². The van der Waals surface area contributed by atoms with Gasteiger partial charge in [-0.05, 0) is 46.3 Å². The molecule has 0 atom stereocenters. The summed E-state index contributed by atoms with van der Waals surface area (Å²) in [6, 6.07) is 7.12. The summed E-state index contributed by atoms with van der Waals surface area (Å²) in [5, 5.41) is 6.99. The summed E-state index contributed by atoms with van der Waals surface area (Å²) in [5.41, 5.74) is 6.38. The van der Waals surface area contributed by atoms with Gasteiger partial charge in [0, 0.05) is 24.8 Å². The second kappa shape index (κ2) is 11.2. The van der Waals surface area contributed by atoms with Crippen LogP contribution in [0, 0.1) is 0 Å². The van der Waals surface area contributed by atoms with Crippen LogP contribution in [-0.4, -0.2) is 48.1 Å². The normalized spacial score (nSPS) is 11.2. The Hall–Kier alpha value is -3.29. The van der Waals surface area contributed by atoms with Crippen LogP contribution in [0.15, 0.2) is 41.0 Å². The van der Waals surface area contributed by atoms with E-state index in [4.69, 9.17) is 26.8 Å². The Labute approximate surface area is 216 Å². The highest BCUT2D eigenvalue weighted by Crippen LogP contribution is 2.40. The Morgan fingerprint density at radius 3 is 2.50 bits per heavy atom. The van der Waals surface area contributed by atoms with Gasteiger partial charge in [0.05, 0.1) is 29.6 Å². The van der Waals surface area contributed by atoms with E-state index in [2.05, 4.69) is 31.1 Å². The van der Waals surface area contributed by atoms with Crippen LogP contribution in [-0.2, 0) is 11.8 Å². The minimum absolute atomic E-state index is 0.0473. The van der Waals surface area contributed by atoms with Crippen molar-refractivity contribution in [2.45, 2.75) is 6.18 Å². The summed E-state index contributed by atoms with van der Waals surface area (Å²) in [5.74, 6) is -3.56. The molecule has 0 unspecified atom stereocenters. The standard InChI is InChI=1S/C22H19BrClF3N4O5/c1-31-18(14(24)10-29-31)13-9-11(3-5-15(13)35-8-7-28)30-20(32)12-4-6-16(34-2)17(23)19(12)36-21(33)22(25,26)27/h3-6,9-10H,7-8,28H2,1-2H3,(H,30,32). The molecule has 0 spiro atoms. The topological polar surface area (TPSA) is 118 Å². The molecule has 3 N–H and O–H groups in total. The number of nitrogens with zero attached hydrogens (tertiary/aromatic N) is 2. The molecule has 3 aromatic rings. The van der Waals surface area contributed by atoms with Crippen LogP contribution < -0.4 is 25.3 Å². The number of halogens is 5. The minimum atomic E-state index is -5.28. The number of rotatable bonds is 8. The molecule has 0 aliphatic carbocycles. The number of carbonyl (C=O) groups is 2. The zero-order valence-electron chi connectivity index (χ0n) is 18.8. The lowest BCUT2D eigenvalue weighted by Crippen LogP contribution is -2.29. The predicted octanol–water partition coefficient (Wildman–Crippen LogP) is 4.57. The second-order valence-corrected chi connectivity index (χ2v) is 8.31. The summed E-state index contributed by atoms with van der Waals surface area (Å²) in [6.45, 7) is 0.463. The molecule has 0 fully saturated rings. The number of nitrogens with two attached hydrogens (primary N) is 1. The van der Waals surface area contributed by atoms with E-state index in [1.807, 2.05) is 0 Å². The molecule has 14 heteroatoms. The van der Waals surface area contributed by atoms with Crippen LogP contribution >= 0.6 is 27.5 Å². The number of aryl methyl sites for hydroxylation is 1. The van der Waals surface area contributed by atoms with Crippen molar-refractivity contribution in [2.75, 3.05) is 25.6 Å². The summed E-state index contributed by atoms with van der Waals surface area (Å²) >= 11 is 9.31. The van der Waals surface area contributed by atoms with Crippen LogP contribution in [0.4, 0.5) is 18.9 Å². The highest BCUT2D eigenvalue weighted by Gasteiger charge is 2.42. The summed E-state index contributed by atoms with van der Waals surface area (Å²) in [4.78, 5) is 24.6. The number of benzene rings is 2. The van der Waals surface area contributed by atoms with Gasteiger partial charge in [0.2, 0.25) is 0 Å². The smallest absolute Gasteiger partial charge is 0.491 e. The SMILES string of the molecule is COc1ccc(C(=O)Nc2ccc(OCCN)c(-c3c(Cl)cnn3C)c2)c(OC(=O)C(F)(F)F)c1Br. The van der Waals surface area contributed by atoms with Gasteiger partial charge in [-0.2, -0.15) is 18.3 Å². The molecule has 1 aromatic heterocycles. The first-order valence-corrected chi connectivity index (χ1v) is 11.3. The van der Waals surface area contributed by atoms with Crippen molar-refractivity contribution in [3.8, 4) is 28.5 Å². The van der Waals surface area contributed by atoms with Crippen molar-refractivity contribution >= 4 is 45.1 Å². The van der Waals surface area contributed by atoms with Crippen LogP contribution in [0.1, 0.15) is 10.4 Å². The first-order chi connectivity index (χ1) is 17.0. The monoisotopic (exact) mass is 590 g/mol. The Bertz CT molecular complexity index is 1280. The third-order valence-corrected chi connectivity index (χ3v) is 5.74. The molecule has 36 heavy (non-hydrogen) atoms. The number of esters is 1. The Balaban J connectivity index is 2.01. The van der Waals surface area contributed by atoms with Crippen molar-refractivity contribution < 1.29 is 37.0 Å². The zero-order chi connectivity index (χ0) is 26.6. The molecule has 9 nitrogen and oxygen atoms in total. The fourth-order valence-electron chi connectivity index (χ4n) is 3.12. The summed E-state index contributed by atoms with van der Waals surface area (Å²) in [6.07, 6.45) is -3.85. The van der Waals surface area contributed by atoms with Crippen LogP contribution in [0.2, 0.25) is 5.02 Å². The fraction of sp³-hybridized carbons (Fsp3) is 0.227. The molecule has 0 saturated heterocycles. The number of anilines is 1. The molecule has 0 aliphatic rings. The van der Waals surface area contributed by atoms with Gasteiger partial charge in [-0.25, -0.2) is 4.79 Å². The maximum Gasteiger partial charge on any atom is 0.491 e. The van der Waals surface area contributed by atoms with E-state index in [9.17, 15) is 22.8 Å². The highest BCUT2D eigenvalue weighted by atomic mass is 79.9. The Morgan fingerprint density at radius 2 is 1.92 bits per heavy atom. The minimum Gasteiger partial charge on any atom is -0.495 e. The first-order valence-electron chi connectivity index (χ1n) is 10.1. The van der Waals surface area contributed by atoms with Gasteiger partial charge in [-0.3, -0.25) is 9.48 Å². The average Bonchev–Trinajstić information content (AvgIpc) is 3.16. The van der Waals surface area contributed by atoms with Crippen LogP contribution in [0.5, 0.6) is 17.2 Å². The van der Waals surface area contributed by atoms with Gasteiger partial charge in [-0.15, -0.1) is 0 Å². The maximum atomic E-state index is 13.1. The zero-order valence-corrected chi connectivity index (χ0v) is 21.1. The van der Waals surface area contributed by atoms with Crippen LogP contribution in [0.3, 0.4) is 0 Å². The molecule has 0 bridgehead atoms. The fourth-order valence-corrected chi connectivity index (χ4v) is 3.98. The molecule has 1 amide bonds. The molecule has 0 saturated carbocycles. The Kier molecular flexibility index (Phi) is 8.48. The van der Waals surface area contributed by atoms with E-state index in [0.29, 0.717) is 22.0 Å². The predicted molar refractivity (Wildman–Crippen MR) is 129 cm³/mol. The van der Waals surface area contributed by atoms with Crippen molar-refractivity contribution in [1.82, 2.24) is 9.78 Å². The number of hydrogen-bond donors (Lipinski definition) is 2. The lowest BCUT2D eigenvalue weighted by molar-refractivity contribution is -0.189. The number of methoxy groups -OCH3 is 1. The van der Waals surface area contributed by atoms with Crippen molar-refractivity contribution in [3.05, 3.63) is 51.6 Å². The molecule has 3 rings (SSSR count). The first kappa shape index (κ1) is 27.3. The molecule has 192 valence electrons. The summed E-state index contributed by atoms with van der Waals surface area (Å²) < 4.78 is 55.1. The van der Waals surface area contributed by atoms with E-state index >= 15 is 0 Å². The number of alkyl halides is 3. The number of carbonyl (C=O) groups excluding carboxylic acids is 2. The van der Waals surface area contributed by atoms with E-state index in [0.717, 1.165) is 6.07 Å². The third-order valence-electron chi connectivity index (χ3n) is 4.71. The average molecular weight is 592 g/mol. The quantitative estimate of drug-likeness (QED) is 0.291. The van der Waals surface area contributed by atoms with Crippen molar-refractivity contribution in [3.63, 3.8) is 0 Å². The van der Waals surface area contributed by atoms with Gasteiger partial charge in [-0.1, -0.05) is 11.6 Å². The van der Waals surface area contributed by atoms with Gasteiger partial charge >= 0.3 is 12.1 Å². The number of amides is 1. The van der Waals surface area contributed by atoms with Crippen molar-refractivity contribution in [1.29, 1.82) is 0 Å². The van der Waals surface area contributed by atoms with E-state index in [1.54, 1.807) is 19.2 Å². The number of hydrogen-bond acceptors (Lipinski definition) is 7. The van der Waals surface area contributed by atoms with Gasteiger partial charge < -0.3 is 25.3 Å². The van der Waals surface area contributed by atoms with E-state index < -0.39 is 23.8 Å². The Morgan fingerprint density at radius 1 is 1.22 bits per heavy atom. The lowest BCUT2D eigenvalue weighted by Gasteiger charge is -2.16. The molecule has 0 radical (unpaired) electrons. The third kappa shape index (κ3) is 5.91. The maximum absolute atomic E-state index is 13.1. The number of ether oxygens (including phenoxy) is 3. The van der Waals surface area contributed by atoms with Crippen molar-refractivity contribution in [2.24, 2.45) is 12.8 Å². The number of nitrogens with one attached hydrogen (secondary N) is 1. The second-order valence-electron chi connectivity index (χ2n) is 7.11. The number of aromatic nitrogens is 2. The molecule has 2 aromatic carbocycles. The molecular formula is C22H19BrClF3N4O5. The van der Waals surface area contributed by atoms with Gasteiger partial charge in [0.15, 0.2) is 5.75 Å². The molecular weight excluding hydrogens is 573 g/mol. The molecule has 1 heterocycles.